The molecule has 1 aliphatic rings. The van der Waals surface area contributed by atoms with Crippen LogP contribution in [0.25, 0.3) is 0 Å². The number of methoxy groups -OCH3 is 1. The quantitative estimate of drug-likeness (QED) is 0.625. The number of carbonyl (C=O) groups is 1. The Morgan fingerprint density at radius 1 is 1.30 bits per heavy atom. The highest BCUT2D eigenvalue weighted by molar-refractivity contribution is 7.15. The zero-order valence-electron chi connectivity index (χ0n) is 18.5. The summed E-state index contributed by atoms with van der Waals surface area (Å²) in [6.45, 7) is 10.1. The second-order valence-corrected chi connectivity index (χ2v) is 9.04. The van der Waals surface area contributed by atoms with Gasteiger partial charge in [0, 0.05) is 17.8 Å². The number of aryl methyl sites for hydroxylation is 2. The first-order valence-corrected chi connectivity index (χ1v) is 11.6. The maximum absolute atomic E-state index is 12.4. The zero-order valence-corrected chi connectivity index (χ0v) is 19.3. The van der Waals surface area contributed by atoms with Gasteiger partial charge >= 0.3 is 0 Å². The van der Waals surface area contributed by atoms with Crippen LogP contribution in [0.1, 0.15) is 49.2 Å². The molecule has 3 rings (SSSR count). The van der Waals surface area contributed by atoms with Crippen LogP contribution in [-0.2, 0) is 17.8 Å². The molecule has 6 nitrogen and oxygen atoms in total. The van der Waals surface area contributed by atoms with E-state index in [4.69, 9.17) is 9.47 Å². The van der Waals surface area contributed by atoms with Crippen molar-refractivity contribution in [2.75, 3.05) is 32.1 Å². The Labute approximate surface area is 183 Å². The van der Waals surface area contributed by atoms with Gasteiger partial charge in [-0.05, 0) is 69.8 Å². The summed E-state index contributed by atoms with van der Waals surface area (Å²) in [5, 5.41) is 3.67. The van der Waals surface area contributed by atoms with Crippen LogP contribution < -0.4 is 14.8 Å². The molecule has 1 saturated heterocycles. The smallest absolute Gasteiger partial charge is 0.226 e. The lowest BCUT2D eigenvalue weighted by Gasteiger charge is -2.29. The number of nitrogens with zero attached hydrogens (tertiary/aromatic N) is 2. The minimum atomic E-state index is -0.0186. The first-order chi connectivity index (χ1) is 14.5. The van der Waals surface area contributed by atoms with Crippen LogP contribution in [0.4, 0.5) is 5.13 Å². The fourth-order valence-corrected chi connectivity index (χ4v) is 4.65. The number of carbonyl (C=O) groups excluding carboxylic acids is 1. The number of likely N-dealkylation sites (tertiary alicyclic amines) is 1. The van der Waals surface area contributed by atoms with Gasteiger partial charge in [-0.15, -0.1) is 11.3 Å². The van der Waals surface area contributed by atoms with Gasteiger partial charge in [0.05, 0.1) is 19.4 Å². The lowest BCUT2D eigenvalue weighted by atomic mass is 9.99. The molecule has 0 unspecified atom stereocenters. The predicted octanol–water partition coefficient (Wildman–Crippen LogP) is 4.66. The minimum absolute atomic E-state index is 0.0186. The van der Waals surface area contributed by atoms with E-state index in [9.17, 15) is 4.79 Å². The maximum Gasteiger partial charge on any atom is 0.226 e. The van der Waals surface area contributed by atoms with E-state index < -0.39 is 0 Å². The average Bonchev–Trinajstić information content (AvgIpc) is 3.07. The molecule has 1 aliphatic heterocycles. The summed E-state index contributed by atoms with van der Waals surface area (Å²) >= 11 is 1.60. The number of benzene rings is 1. The van der Waals surface area contributed by atoms with Gasteiger partial charge in [-0.1, -0.05) is 13.0 Å². The number of aromatic nitrogens is 1. The molecular formula is C23H33N3O3S. The molecule has 1 fully saturated rings. The normalized spacial score (nSPS) is 15.2. The van der Waals surface area contributed by atoms with Crippen molar-refractivity contribution >= 4 is 22.4 Å². The molecule has 164 valence electrons. The Morgan fingerprint density at radius 3 is 2.77 bits per heavy atom. The number of nitrogens with one attached hydrogen (secondary N) is 1. The second kappa shape index (κ2) is 10.8. The molecule has 1 amide bonds. The Morgan fingerprint density at radius 2 is 2.07 bits per heavy atom. The van der Waals surface area contributed by atoms with Crippen molar-refractivity contribution in [2.45, 2.75) is 53.0 Å². The predicted molar refractivity (Wildman–Crippen MR) is 122 cm³/mol. The third-order valence-electron chi connectivity index (χ3n) is 5.55. The van der Waals surface area contributed by atoms with Crippen molar-refractivity contribution in [1.82, 2.24) is 9.88 Å². The van der Waals surface area contributed by atoms with Gasteiger partial charge in [0.2, 0.25) is 5.91 Å². The first kappa shape index (κ1) is 22.6. The fourth-order valence-electron chi connectivity index (χ4n) is 3.63. The topological polar surface area (TPSA) is 63.7 Å². The molecule has 2 aromatic rings. The summed E-state index contributed by atoms with van der Waals surface area (Å²) in [5.74, 6) is 2.23. The summed E-state index contributed by atoms with van der Waals surface area (Å²) in [6, 6.07) is 5.81. The Hall–Kier alpha value is -2.12. The standard InChI is InChI=1S/C23H33N3O3S/c1-5-29-19-8-6-18(14-20(19)28-4)7-9-22(27)25-23-24-17(3)21(30-23)15-26-12-10-16(2)11-13-26/h6,8,14,16H,5,7,9-13,15H2,1-4H3,(H,24,25,27). The van der Waals surface area contributed by atoms with E-state index in [1.165, 1.54) is 17.7 Å². The molecule has 30 heavy (non-hydrogen) atoms. The van der Waals surface area contributed by atoms with E-state index in [2.05, 4.69) is 22.1 Å². The third-order valence-corrected chi connectivity index (χ3v) is 6.61. The van der Waals surface area contributed by atoms with Crippen LogP contribution >= 0.6 is 11.3 Å². The second-order valence-electron chi connectivity index (χ2n) is 7.95. The van der Waals surface area contributed by atoms with Crippen molar-refractivity contribution in [3.8, 4) is 11.5 Å². The van der Waals surface area contributed by atoms with Gasteiger partial charge in [0.1, 0.15) is 0 Å². The lowest BCUT2D eigenvalue weighted by Crippen LogP contribution is -2.32. The van der Waals surface area contributed by atoms with E-state index >= 15 is 0 Å². The molecular weight excluding hydrogens is 398 g/mol. The minimum Gasteiger partial charge on any atom is -0.493 e. The van der Waals surface area contributed by atoms with Crippen molar-refractivity contribution in [3.05, 3.63) is 34.3 Å². The van der Waals surface area contributed by atoms with E-state index in [-0.39, 0.29) is 5.91 Å². The van der Waals surface area contributed by atoms with Crippen molar-refractivity contribution in [1.29, 1.82) is 0 Å². The van der Waals surface area contributed by atoms with E-state index in [0.29, 0.717) is 30.3 Å². The highest BCUT2D eigenvalue weighted by Gasteiger charge is 2.18. The monoisotopic (exact) mass is 431 g/mol. The van der Waals surface area contributed by atoms with Gasteiger partial charge in [-0.25, -0.2) is 4.98 Å². The first-order valence-electron chi connectivity index (χ1n) is 10.8. The molecule has 0 bridgehead atoms. The highest BCUT2D eigenvalue weighted by atomic mass is 32.1. The Balaban J connectivity index is 1.51. The summed E-state index contributed by atoms with van der Waals surface area (Å²) in [4.78, 5) is 20.8. The molecule has 0 saturated carbocycles. The van der Waals surface area contributed by atoms with Crippen molar-refractivity contribution in [2.24, 2.45) is 5.92 Å². The average molecular weight is 432 g/mol. The molecule has 2 heterocycles. The molecule has 0 spiro atoms. The maximum atomic E-state index is 12.4. The van der Waals surface area contributed by atoms with E-state index in [0.717, 1.165) is 42.6 Å². The van der Waals surface area contributed by atoms with E-state index in [1.54, 1.807) is 18.4 Å². The van der Waals surface area contributed by atoms with Gasteiger partial charge in [0.25, 0.3) is 0 Å². The number of piperidine rings is 1. The molecule has 1 aromatic carbocycles. The van der Waals surface area contributed by atoms with Crippen molar-refractivity contribution in [3.63, 3.8) is 0 Å². The number of rotatable bonds is 9. The van der Waals surface area contributed by atoms with Crippen molar-refractivity contribution < 1.29 is 14.3 Å². The summed E-state index contributed by atoms with van der Waals surface area (Å²) < 4.78 is 10.9. The highest BCUT2D eigenvalue weighted by Crippen LogP contribution is 2.29. The molecule has 7 heteroatoms. The Kier molecular flexibility index (Phi) is 8.10. The molecule has 0 radical (unpaired) electrons. The van der Waals surface area contributed by atoms with Gasteiger partial charge < -0.3 is 14.8 Å². The molecule has 1 N–H and O–H groups in total. The van der Waals surface area contributed by atoms with E-state index in [1.807, 2.05) is 32.0 Å². The van der Waals surface area contributed by atoms with Crippen LogP contribution in [0.15, 0.2) is 18.2 Å². The van der Waals surface area contributed by atoms with Crippen LogP contribution in [0.2, 0.25) is 0 Å². The Bertz CT molecular complexity index is 844. The summed E-state index contributed by atoms with van der Waals surface area (Å²) in [6.07, 6.45) is 3.56. The van der Waals surface area contributed by atoms with Gasteiger partial charge in [0.15, 0.2) is 16.6 Å². The fraction of sp³-hybridized carbons (Fsp3) is 0.565. The number of anilines is 1. The van der Waals surface area contributed by atoms with Crippen LogP contribution in [0.5, 0.6) is 11.5 Å². The molecule has 0 atom stereocenters. The zero-order chi connectivity index (χ0) is 21.5. The van der Waals surface area contributed by atoms with Crippen LogP contribution in [-0.4, -0.2) is 42.6 Å². The van der Waals surface area contributed by atoms with Gasteiger partial charge in [-0.3, -0.25) is 9.69 Å². The molecule has 1 aromatic heterocycles. The largest absolute Gasteiger partial charge is 0.493 e. The van der Waals surface area contributed by atoms with Crippen LogP contribution in [0, 0.1) is 12.8 Å². The lowest BCUT2D eigenvalue weighted by molar-refractivity contribution is -0.116. The van der Waals surface area contributed by atoms with Gasteiger partial charge in [-0.2, -0.15) is 0 Å². The summed E-state index contributed by atoms with van der Waals surface area (Å²) in [7, 11) is 1.63. The molecule has 0 aliphatic carbocycles. The summed E-state index contributed by atoms with van der Waals surface area (Å²) in [5.41, 5.74) is 2.06. The third kappa shape index (κ3) is 6.19. The SMILES string of the molecule is CCOc1ccc(CCC(=O)Nc2nc(C)c(CN3CCC(C)CC3)s2)cc1OC. The number of ether oxygens (including phenoxy) is 2. The number of hydrogen-bond donors (Lipinski definition) is 1. The number of hydrogen-bond acceptors (Lipinski definition) is 6. The number of thiazole rings is 1. The van der Waals surface area contributed by atoms with Crippen LogP contribution in [0.3, 0.4) is 0 Å². The number of amides is 1.